The highest BCUT2D eigenvalue weighted by molar-refractivity contribution is 6.74. The first-order valence-corrected chi connectivity index (χ1v) is 11.5. The second-order valence-electron chi connectivity index (χ2n) is 9.75. The smallest absolute Gasteiger partial charge is 0.192 e. The molecule has 0 spiro atoms. The van der Waals surface area contributed by atoms with E-state index in [1.807, 2.05) is 0 Å². The third-order valence-corrected chi connectivity index (χ3v) is 12.6. The number of Topliss-reactive ketones (excluding diaryl/α,β-unsaturated/α-hetero) is 1. The zero-order valence-corrected chi connectivity index (χ0v) is 15.9. The first-order valence-electron chi connectivity index (χ1n) is 8.64. The Kier molecular flexibility index (Phi) is 3.17. The molecule has 2 nitrogen and oxygen atoms in total. The van der Waals surface area contributed by atoms with E-state index in [4.69, 9.17) is 4.43 Å². The van der Waals surface area contributed by atoms with Crippen LogP contribution in [0.1, 0.15) is 60.3 Å². The topological polar surface area (TPSA) is 26.3 Å². The lowest BCUT2D eigenvalue weighted by molar-refractivity contribution is -0.138. The summed E-state index contributed by atoms with van der Waals surface area (Å²) in [4.78, 5) is 12.5. The van der Waals surface area contributed by atoms with Gasteiger partial charge in [0, 0.05) is 17.8 Å². The number of rotatable bonds is 2. The van der Waals surface area contributed by atoms with E-state index in [0.717, 1.165) is 19.3 Å². The standard InChI is InChI=1S/C18H32O2Si/c1-16(2,3)21(6,7)20-15-11-12-10-13-14(19)8-9-17(12,4)18(13,15)5/h12-13,15H,8-11H2,1-7H3/t12-,13-,15-,17-,18+/m1/s1. The summed E-state index contributed by atoms with van der Waals surface area (Å²) in [7, 11) is -1.77. The predicted octanol–water partition coefficient (Wildman–Crippen LogP) is 4.79. The maximum Gasteiger partial charge on any atom is 0.192 e. The van der Waals surface area contributed by atoms with Crippen molar-refractivity contribution in [2.45, 2.75) is 84.5 Å². The maximum absolute atomic E-state index is 12.5. The molecule has 0 unspecified atom stereocenters. The van der Waals surface area contributed by atoms with Gasteiger partial charge in [-0.15, -0.1) is 0 Å². The summed E-state index contributed by atoms with van der Waals surface area (Å²) in [5, 5.41) is 0.241. The number of ketones is 1. The van der Waals surface area contributed by atoms with Crippen LogP contribution in [0.25, 0.3) is 0 Å². The van der Waals surface area contributed by atoms with E-state index in [9.17, 15) is 4.79 Å². The first-order chi connectivity index (χ1) is 9.43. The molecule has 5 atom stereocenters. The van der Waals surface area contributed by atoms with Crippen molar-refractivity contribution in [1.29, 1.82) is 0 Å². The minimum atomic E-state index is -1.77. The molecule has 0 aromatic carbocycles. The van der Waals surface area contributed by atoms with E-state index < -0.39 is 8.32 Å². The Hall–Kier alpha value is -0.153. The molecule has 3 rings (SSSR count). The number of carbonyl (C=O) groups excluding carboxylic acids is 1. The fourth-order valence-corrected chi connectivity index (χ4v) is 6.68. The molecule has 0 aliphatic heterocycles. The SMILES string of the molecule is CC(C)(C)[Si](C)(C)O[C@@H]1C[C@H]2C[C@@H]3C(=O)CC[C@@]2(C)[C@@]31C. The average molecular weight is 309 g/mol. The maximum atomic E-state index is 12.5. The van der Waals surface area contributed by atoms with Gasteiger partial charge >= 0.3 is 0 Å². The van der Waals surface area contributed by atoms with Crippen LogP contribution in [0.3, 0.4) is 0 Å². The van der Waals surface area contributed by atoms with Gasteiger partial charge in [0.1, 0.15) is 5.78 Å². The molecule has 0 N–H and O–H groups in total. The Morgan fingerprint density at radius 1 is 1.19 bits per heavy atom. The molecule has 3 aliphatic rings. The van der Waals surface area contributed by atoms with Crippen molar-refractivity contribution in [2.24, 2.45) is 22.7 Å². The molecule has 0 saturated heterocycles. The summed E-state index contributed by atoms with van der Waals surface area (Å²) in [5.74, 6) is 1.49. The zero-order chi connectivity index (χ0) is 15.8. The quantitative estimate of drug-likeness (QED) is 0.685. The average Bonchev–Trinajstić information content (AvgIpc) is 2.60. The lowest BCUT2D eigenvalue weighted by atomic mass is 9.58. The minimum absolute atomic E-state index is 0.0858. The fraction of sp³-hybridized carbons (Fsp3) is 0.944. The largest absolute Gasteiger partial charge is 0.413 e. The molecule has 3 aliphatic carbocycles. The number of hydrogen-bond acceptors (Lipinski definition) is 2. The monoisotopic (exact) mass is 308 g/mol. The molecule has 4 bridgehead atoms. The highest BCUT2D eigenvalue weighted by atomic mass is 28.4. The van der Waals surface area contributed by atoms with Gasteiger partial charge < -0.3 is 4.43 Å². The number of carbonyl (C=O) groups is 1. The van der Waals surface area contributed by atoms with E-state index in [-0.39, 0.29) is 16.4 Å². The van der Waals surface area contributed by atoms with Crippen molar-refractivity contribution >= 4 is 14.1 Å². The Balaban J connectivity index is 1.93. The molecule has 120 valence electrons. The molecule has 0 amide bonds. The molecule has 0 radical (unpaired) electrons. The Morgan fingerprint density at radius 2 is 1.81 bits per heavy atom. The third-order valence-electron chi connectivity index (χ3n) is 8.07. The normalized spacial score (nSPS) is 46.2. The molecule has 0 aromatic rings. The lowest BCUT2D eigenvalue weighted by Crippen LogP contribution is -2.54. The molecule has 3 saturated carbocycles. The van der Waals surface area contributed by atoms with Crippen LogP contribution in [0.5, 0.6) is 0 Å². The minimum Gasteiger partial charge on any atom is -0.413 e. The summed E-state index contributed by atoms with van der Waals surface area (Å²) in [6.07, 6.45) is 4.50. The second kappa shape index (κ2) is 4.23. The van der Waals surface area contributed by atoms with E-state index >= 15 is 0 Å². The van der Waals surface area contributed by atoms with Crippen molar-refractivity contribution in [1.82, 2.24) is 0 Å². The van der Waals surface area contributed by atoms with Crippen LogP contribution >= 0.6 is 0 Å². The summed E-state index contributed by atoms with van der Waals surface area (Å²) in [6, 6.07) is 0. The van der Waals surface area contributed by atoms with Gasteiger partial charge in [0.2, 0.25) is 0 Å². The van der Waals surface area contributed by atoms with Crippen molar-refractivity contribution in [3.05, 3.63) is 0 Å². The van der Waals surface area contributed by atoms with Gasteiger partial charge in [-0.25, -0.2) is 0 Å². The Morgan fingerprint density at radius 3 is 2.38 bits per heavy atom. The lowest BCUT2D eigenvalue weighted by Gasteiger charge is -2.51. The molecule has 0 aromatic heterocycles. The first kappa shape index (κ1) is 15.7. The van der Waals surface area contributed by atoms with Crippen molar-refractivity contribution < 1.29 is 9.22 Å². The van der Waals surface area contributed by atoms with E-state index in [1.165, 1.54) is 6.42 Å². The van der Waals surface area contributed by atoms with Gasteiger partial charge in [-0.1, -0.05) is 34.6 Å². The Bertz CT molecular complexity index is 478. The van der Waals surface area contributed by atoms with Crippen LogP contribution in [-0.2, 0) is 9.22 Å². The van der Waals surface area contributed by atoms with Gasteiger partial charge in [-0.05, 0) is 48.7 Å². The molecule has 0 heterocycles. The van der Waals surface area contributed by atoms with Gasteiger partial charge in [-0.2, -0.15) is 0 Å². The van der Waals surface area contributed by atoms with Gasteiger partial charge in [-0.3, -0.25) is 4.79 Å². The van der Waals surface area contributed by atoms with Crippen LogP contribution in [0.2, 0.25) is 18.1 Å². The summed E-state index contributed by atoms with van der Waals surface area (Å²) in [5.41, 5.74) is 0.418. The van der Waals surface area contributed by atoms with Crippen LogP contribution < -0.4 is 0 Å². The second-order valence-corrected chi connectivity index (χ2v) is 14.5. The molecule has 21 heavy (non-hydrogen) atoms. The van der Waals surface area contributed by atoms with E-state index in [1.54, 1.807) is 0 Å². The zero-order valence-electron chi connectivity index (χ0n) is 14.9. The summed E-state index contributed by atoms with van der Waals surface area (Å²) < 4.78 is 6.84. The third kappa shape index (κ3) is 1.83. The summed E-state index contributed by atoms with van der Waals surface area (Å²) in [6.45, 7) is 16.4. The predicted molar refractivity (Wildman–Crippen MR) is 88.7 cm³/mol. The fourth-order valence-electron chi connectivity index (χ4n) is 5.28. The van der Waals surface area contributed by atoms with Crippen LogP contribution in [0, 0.1) is 22.7 Å². The van der Waals surface area contributed by atoms with Crippen LogP contribution in [0.4, 0.5) is 0 Å². The van der Waals surface area contributed by atoms with Crippen LogP contribution in [0.15, 0.2) is 0 Å². The highest BCUT2D eigenvalue weighted by Gasteiger charge is 2.72. The Labute approximate surface area is 131 Å². The molecular weight excluding hydrogens is 276 g/mol. The summed E-state index contributed by atoms with van der Waals surface area (Å²) >= 11 is 0. The van der Waals surface area contributed by atoms with Gasteiger partial charge in [0.25, 0.3) is 0 Å². The molecule has 3 heteroatoms. The number of hydrogen-bond donors (Lipinski definition) is 0. The van der Waals surface area contributed by atoms with Crippen molar-refractivity contribution in [2.75, 3.05) is 0 Å². The highest BCUT2D eigenvalue weighted by Crippen LogP contribution is 2.73. The van der Waals surface area contributed by atoms with E-state index in [2.05, 4.69) is 47.7 Å². The van der Waals surface area contributed by atoms with Gasteiger partial charge in [0.05, 0.1) is 6.10 Å². The van der Waals surface area contributed by atoms with Crippen molar-refractivity contribution in [3.8, 4) is 0 Å². The molecule has 3 fully saturated rings. The van der Waals surface area contributed by atoms with Crippen LogP contribution in [-0.4, -0.2) is 20.2 Å². The van der Waals surface area contributed by atoms with E-state index in [0.29, 0.717) is 23.2 Å². The van der Waals surface area contributed by atoms with Crippen molar-refractivity contribution in [3.63, 3.8) is 0 Å². The molecular formula is C18H32O2Si. The van der Waals surface area contributed by atoms with Gasteiger partial charge in [0.15, 0.2) is 8.32 Å².